The van der Waals surface area contributed by atoms with E-state index in [1.165, 1.54) is 0 Å². The molecule has 2 N–H and O–H groups in total. The van der Waals surface area contributed by atoms with Crippen molar-refractivity contribution in [1.29, 1.82) is 0 Å². The second kappa shape index (κ2) is 3.92. The molecule has 3 aromatic rings. The van der Waals surface area contributed by atoms with E-state index in [0.29, 0.717) is 5.82 Å². The number of aromatic nitrogens is 4. The van der Waals surface area contributed by atoms with E-state index < -0.39 is 0 Å². The zero-order valence-corrected chi connectivity index (χ0v) is 11.0. The topological polar surface area (TPSA) is 72.9 Å². The Balaban J connectivity index is 1.76. The molecule has 7 heteroatoms. The highest BCUT2D eigenvalue weighted by Gasteiger charge is 2.21. The SMILES string of the molecule is Nc1cc2n(n1)CCN(c1ncnc3ccsc13)C2. The van der Waals surface area contributed by atoms with Crippen molar-refractivity contribution in [2.45, 2.75) is 13.1 Å². The van der Waals surface area contributed by atoms with E-state index in [0.717, 1.165) is 41.4 Å². The third-order valence-corrected chi connectivity index (χ3v) is 4.24. The predicted molar refractivity (Wildman–Crippen MR) is 75.1 cm³/mol. The van der Waals surface area contributed by atoms with Crippen LogP contribution in [0, 0.1) is 0 Å². The van der Waals surface area contributed by atoms with E-state index >= 15 is 0 Å². The number of anilines is 2. The number of rotatable bonds is 1. The summed E-state index contributed by atoms with van der Waals surface area (Å²) in [6, 6.07) is 3.95. The van der Waals surface area contributed by atoms with E-state index in [1.54, 1.807) is 17.7 Å². The number of hydrogen-bond acceptors (Lipinski definition) is 6. The van der Waals surface area contributed by atoms with Crippen LogP contribution in [-0.2, 0) is 13.1 Å². The molecule has 1 aliphatic rings. The molecule has 1 aliphatic heterocycles. The van der Waals surface area contributed by atoms with Crippen LogP contribution in [-0.4, -0.2) is 26.3 Å². The van der Waals surface area contributed by atoms with Crippen LogP contribution in [0.1, 0.15) is 5.69 Å². The van der Waals surface area contributed by atoms with Crippen molar-refractivity contribution in [3.05, 3.63) is 29.5 Å². The van der Waals surface area contributed by atoms with Gasteiger partial charge in [-0.2, -0.15) is 5.10 Å². The number of nitrogens with zero attached hydrogens (tertiary/aromatic N) is 5. The number of fused-ring (bicyclic) bond motifs is 2. The van der Waals surface area contributed by atoms with Gasteiger partial charge in [-0.15, -0.1) is 11.3 Å². The van der Waals surface area contributed by atoms with Gasteiger partial charge in [0.1, 0.15) is 18.0 Å². The first kappa shape index (κ1) is 10.7. The fraction of sp³-hybridized carbons (Fsp3) is 0.250. The Labute approximate surface area is 113 Å². The summed E-state index contributed by atoms with van der Waals surface area (Å²) < 4.78 is 3.11. The molecule has 0 saturated carbocycles. The van der Waals surface area contributed by atoms with Gasteiger partial charge < -0.3 is 10.6 Å². The van der Waals surface area contributed by atoms with Crippen LogP contribution >= 0.6 is 11.3 Å². The van der Waals surface area contributed by atoms with Crippen LogP contribution in [0.25, 0.3) is 10.2 Å². The molecule has 0 aromatic carbocycles. The maximum Gasteiger partial charge on any atom is 0.150 e. The lowest BCUT2D eigenvalue weighted by Gasteiger charge is -2.28. The fourth-order valence-electron chi connectivity index (χ4n) is 2.47. The lowest BCUT2D eigenvalue weighted by Crippen LogP contribution is -2.34. The molecule has 0 saturated heterocycles. The molecular weight excluding hydrogens is 260 g/mol. The predicted octanol–water partition coefficient (Wildman–Crippen LogP) is 1.49. The van der Waals surface area contributed by atoms with E-state index in [1.807, 2.05) is 16.8 Å². The molecule has 0 spiro atoms. The highest BCUT2D eigenvalue weighted by Crippen LogP contribution is 2.30. The highest BCUT2D eigenvalue weighted by molar-refractivity contribution is 7.17. The molecule has 0 aliphatic carbocycles. The minimum atomic E-state index is 0.584. The summed E-state index contributed by atoms with van der Waals surface area (Å²) in [7, 11) is 0. The van der Waals surface area contributed by atoms with Crippen LogP contribution < -0.4 is 10.6 Å². The molecule has 96 valence electrons. The maximum absolute atomic E-state index is 5.74. The van der Waals surface area contributed by atoms with Crippen LogP contribution in [0.5, 0.6) is 0 Å². The second-order valence-electron chi connectivity index (χ2n) is 4.54. The Kier molecular flexibility index (Phi) is 2.22. The summed E-state index contributed by atoms with van der Waals surface area (Å²) in [4.78, 5) is 11.0. The average molecular weight is 272 g/mol. The first-order valence-electron chi connectivity index (χ1n) is 6.06. The van der Waals surface area contributed by atoms with Gasteiger partial charge in [0.05, 0.1) is 29.0 Å². The third kappa shape index (κ3) is 1.66. The molecule has 19 heavy (non-hydrogen) atoms. The summed E-state index contributed by atoms with van der Waals surface area (Å²) in [6.07, 6.45) is 1.63. The van der Waals surface area contributed by atoms with Crippen molar-refractivity contribution in [1.82, 2.24) is 19.7 Å². The fourth-order valence-corrected chi connectivity index (χ4v) is 3.33. The number of thiophene rings is 1. The standard InChI is InChI=1S/C12H12N6S/c13-10-5-8-6-17(2-3-18(8)16-10)12-11-9(1-4-19-11)14-7-15-12/h1,4-5,7H,2-3,6H2,(H2,13,16). The maximum atomic E-state index is 5.74. The van der Waals surface area contributed by atoms with Crippen molar-refractivity contribution >= 4 is 33.2 Å². The molecule has 4 heterocycles. The van der Waals surface area contributed by atoms with Gasteiger partial charge in [-0.1, -0.05) is 0 Å². The molecule has 0 unspecified atom stereocenters. The molecule has 3 aromatic heterocycles. The zero-order chi connectivity index (χ0) is 12.8. The lowest BCUT2D eigenvalue weighted by atomic mass is 10.3. The first-order valence-corrected chi connectivity index (χ1v) is 6.94. The minimum Gasteiger partial charge on any atom is -0.382 e. The monoisotopic (exact) mass is 272 g/mol. The quantitative estimate of drug-likeness (QED) is 0.726. The van der Waals surface area contributed by atoms with E-state index in [2.05, 4.69) is 25.3 Å². The Hall–Kier alpha value is -2.15. The van der Waals surface area contributed by atoms with Crippen molar-refractivity contribution in [3.63, 3.8) is 0 Å². The first-order chi connectivity index (χ1) is 9.31. The third-order valence-electron chi connectivity index (χ3n) is 3.34. The molecular formula is C12H12N6S. The van der Waals surface area contributed by atoms with Gasteiger partial charge in [-0.25, -0.2) is 9.97 Å². The summed E-state index contributed by atoms with van der Waals surface area (Å²) in [5.74, 6) is 1.59. The van der Waals surface area contributed by atoms with Crippen LogP contribution in [0.2, 0.25) is 0 Å². The molecule has 6 nitrogen and oxygen atoms in total. The van der Waals surface area contributed by atoms with Crippen LogP contribution in [0.3, 0.4) is 0 Å². The second-order valence-corrected chi connectivity index (χ2v) is 5.45. The molecule has 0 bridgehead atoms. The highest BCUT2D eigenvalue weighted by atomic mass is 32.1. The van der Waals surface area contributed by atoms with Crippen molar-refractivity contribution in [2.75, 3.05) is 17.2 Å². The van der Waals surface area contributed by atoms with Crippen LogP contribution in [0.4, 0.5) is 11.6 Å². The van der Waals surface area contributed by atoms with Gasteiger partial charge in [-0.3, -0.25) is 4.68 Å². The van der Waals surface area contributed by atoms with Gasteiger partial charge >= 0.3 is 0 Å². The lowest BCUT2D eigenvalue weighted by molar-refractivity contribution is 0.519. The molecule has 0 atom stereocenters. The van der Waals surface area contributed by atoms with Gasteiger partial charge in [0.25, 0.3) is 0 Å². The number of hydrogen-bond donors (Lipinski definition) is 1. The Bertz CT molecular complexity index is 746. The molecule has 4 rings (SSSR count). The Morgan fingerprint density at radius 2 is 2.21 bits per heavy atom. The molecule has 0 radical (unpaired) electrons. The summed E-state index contributed by atoms with van der Waals surface area (Å²) in [6.45, 7) is 2.51. The summed E-state index contributed by atoms with van der Waals surface area (Å²) in [5, 5.41) is 6.32. The minimum absolute atomic E-state index is 0.584. The van der Waals surface area contributed by atoms with Crippen molar-refractivity contribution in [2.24, 2.45) is 0 Å². The summed E-state index contributed by atoms with van der Waals surface area (Å²) >= 11 is 1.68. The smallest absolute Gasteiger partial charge is 0.150 e. The summed E-state index contributed by atoms with van der Waals surface area (Å²) in [5.41, 5.74) is 7.88. The van der Waals surface area contributed by atoms with E-state index in [-0.39, 0.29) is 0 Å². The van der Waals surface area contributed by atoms with Crippen molar-refractivity contribution in [3.8, 4) is 0 Å². The zero-order valence-electron chi connectivity index (χ0n) is 10.2. The van der Waals surface area contributed by atoms with Gasteiger partial charge in [-0.05, 0) is 11.4 Å². The molecule has 0 amide bonds. The number of nitrogens with two attached hydrogens (primary N) is 1. The largest absolute Gasteiger partial charge is 0.382 e. The van der Waals surface area contributed by atoms with Crippen molar-refractivity contribution < 1.29 is 0 Å². The number of nitrogen functional groups attached to an aromatic ring is 1. The van der Waals surface area contributed by atoms with Crippen LogP contribution in [0.15, 0.2) is 23.8 Å². The van der Waals surface area contributed by atoms with E-state index in [9.17, 15) is 0 Å². The Morgan fingerprint density at radius 1 is 1.26 bits per heavy atom. The molecule has 0 fully saturated rings. The Morgan fingerprint density at radius 3 is 3.16 bits per heavy atom. The van der Waals surface area contributed by atoms with E-state index in [4.69, 9.17) is 5.73 Å². The normalized spacial score (nSPS) is 14.8. The average Bonchev–Trinajstić information content (AvgIpc) is 3.01. The van der Waals surface area contributed by atoms with Gasteiger partial charge in [0, 0.05) is 12.6 Å². The van der Waals surface area contributed by atoms with Gasteiger partial charge in [0.2, 0.25) is 0 Å². The van der Waals surface area contributed by atoms with Gasteiger partial charge in [0.15, 0.2) is 0 Å².